The number of aromatic amines is 1. The van der Waals surface area contributed by atoms with Gasteiger partial charge in [0.25, 0.3) is 0 Å². The molecule has 0 radical (unpaired) electrons. The maximum atomic E-state index is 4.28. The van der Waals surface area contributed by atoms with Gasteiger partial charge in [-0.2, -0.15) is 5.10 Å². The van der Waals surface area contributed by atoms with Crippen LogP contribution in [0.15, 0.2) is 12.3 Å². The number of H-pyrrole nitrogens is 1. The first kappa shape index (κ1) is 7.21. The minimum absolute atomic E-state index is 0.402. The van der Waals surface area contributed by atoms with Crippen LogP contribution in [-0.2, 0) is 0 Å². The first-order valence-electron chi connectivity index (χ1n) is 3.94. The first-order valence-corrected chi connectivity index (χ1v) is 3.94. The average molecular weight is 162 g/mol. The highest BCUT2D eigenvalue weighted by Gasteiger charge is 2.05. The molecule has 0 amide bonds. The molecule has 1 N–H and O–H groups in total. The van der Waals surface area contributed by atoms with Crippen molar-refractivity contribution in [1.82, 2.24) is 20.2 Å². The van der Waals surface area contributed by atoms with Gasteiger partial charge in [0.2, 0.25) is 0 Å². The minimum atomic E-state index is 0.402. The molecule has 12 heavy (non-hydrogen) atoms. The second-order valence-electron chi connectivity index (χ2n) is 3.05. The van der Waals surface area contributed by atoms with E-state index in [1.165, 1.54) is 0 Å². The van der Waals surface area contributed by atoms with Crippen molar-refractivity contribution >= 4 is 11.2 Å². The van der Waals surface area contributed by atoms with Gasteiger partial charge in [-0.25, -0.2) is 4.98 Å². The predicted molar refractivity (Wildman–Crippen MR) is 45.8 cm³/mol. The molecule has 0 aromatic carbocycles. The van der Waals surface area contributed by atoms with E-state index in [1.807, 2.05) is 6.07 Å². The lowest BCUT2D eigenvalue weighted by Crippen LogP contribution is -1.88. The van der Waals surface area contributed by atoms with E-state index in [4.69, 9.17) is 0 Å². The second-order valence-corrected chi connectivity index (χ2v) is 3.05. The number of nitrogens with one attached hydrogen (secondary N) is 1. The Morgan fingerprint density at radius 1 is 1.42 bits per heavy atom. The number of nitrogens with zero attached hydrogens (tertiary/aromatic N) is 3. The molecule has 2 aromatic heterocycles. The maximum absolute atomic E-state index is 4.28. The molecule has 4 nitrogen and oxygen atoms in total. The number of hydrogen-bond acceptors (Lipinski definition) is 3. The molecule has 2 rings (SSSR count). The van der Waals surface area contributed by atoms with Gasteiger partial charge in [0, 0.05) is 5.92 Å². The van der Waals surface area contributed by atoms with Crippen LogP contribution in [0.4, 0.5) is 0 Å². The molecule has 2 aromatic rings. The van der Waals surface area contributed by atoms with E-state index in [0.29, 0.717) is 11.6 Å². The van der Waals surface area contributed by atoms with Crippen molar-refractivity contribution in [3.63, 3.8) is 0 Å². The number of rotatable bonds is 1. The number of hydrogen-bond donors (Lipinski definition) is 1. The third kappa shape index (κ3) is 1.05. The molecule has 0 aliphatic carbocycles. The van der Waals surface area contributed by atoms with Gasteiger partial charge in [0.05, 0.1) is 11.7 Å². The van der Waals surface area contributed by atoms with E-state index in [1.54, 1.807) is 6.20 Å². The Morgan fingerprint density at radius 3 is 2.92 bits per heavy atom. The van der Waals surface area contributed by atoms with Crippen LogP contribution in [0.3, 0.4) is 0 Å². The SMILES string of the molecule is CC(C)c1nc2nnccc2[nH]1. The largest absolute Gasteiger partial charge is 0.340 e. The zero-order valence-corrected chi connectivity index (χ0v) is 7.07. The normalized spacial score (nSPS) is 11.2. The van der Waals surface area contributed by atoms with E-state index in [2.05, 4.69) is 34.0 Å². The first-order chi connectivity index (χ1) is 5.77. The topological polar surface area (TPSA) is 54.5 Å². The third-order valence-electron chi connectivity index (χ3n) is 1.74. The quantitative estimate of drug-likeness (QED) is 0.690. The molecule has 0 spiro atoms. The molecule has 0 saturated heterocycles. The fourth-order valence-electron chi connectivity index (χ4n) is 1.06. The Balaban J connectivity index is 2.62. The molecule has 0 bridgehead atoms. The van der Waals surface area contributed by atoms with Crippen LogP contribution in [0.5, 0.6) is 0 Å². The Bertz CT molecular complexity index is 358. The van der Waals surface area contributed by atoms with Crippen molar-refractivity contribution < 1.29 is 0 Å². The summed E-state index contributed by atoms with van der Waals surface area (Å²) in [6.45, 7) is 4.18. The third-order valence-corrected chi connectivity index (χ3v) is 1.74. The highest BCUT2D eigenvalue weighted by atomic mass is 15.1. The van der Waals surface area contributed by atoms with Crippen LogP contribution in [0, 0.1) is 0 Å². The van der Waals surface area contributed by atoms with Crippen molar-refractivity contribution in [2.24, 2.45) is 0 Å². The summed E-state index contributed by atoms with van der Waals surface area (Å²) in [4.78, 5) is 7.46. The fourth-order valence-corrected chi connectivity index (χ4v) is 1.06. The zero-order chi connectivity index (χ0) is 8.55. The van der Waals surface area contributed by atoms with Crippen molar-refractivity contribution in [1.29, 1.82) is 0 Å². The summed E-state index contributed by atoms with van der Waals surface area (Å²) in [7, 11) is 0. The van der Waals surface area contributed by atoms with Gasteiger partial charge in [0.15, 0.2) is 5.65 Å². The minimum Gasteiger partial charge on any atom is -0.340 e. The summed E-state index contributed by atoms with van der Waals surface area (Å²) >= 11 is 0. The van der Waals surface area contributed by atoms with Gasteiger partial charge < -0.3 is 4.98 Å². The predicted octanol–water partition coefficient (Wildman–Crippen LogP) is 1.48. The molecular formula is C8H10N4. The number of fused-ring (bicyclic) bond motifs is 1. The van der Waals surface area contributed by atoms with Crippen LogP contribution in [0.2, 0.25) is 0 Å². The molecule has 0 aliphatic heterocycles. The molecule has 0 atom stereocenters. The fraction of sp³-hybridized carbons (Fsp3) is 0.375. The highest BCUT2D eigenvalue weighted by Crippen LogP contribution is 2.13. The Labute approximate surface area is 70.0 Å². The average Bonchev–Trinajstić information content (AvgIpc) is 2.46. The standard InChI is InChI=1S/C8H10N4/c1-5(2)7-10-6-3-4-9-12-8(6)11-7/h3-5H,1-2H3,(H,10,11,12). The monoisotopic (exact) mass is 162 g/mol. The van der Waals surface area contributed by atoms with Crippen LogP contribution in [0.1, 0.15) is 25.6 Å². The zero-order valence-electron chi connectivity index (χ0n) is 7.07. The molecule has 2 heterocycles. The van der Waals surface area contributed by atoms with Crippen LogP contribution >= 0.6 is 0 Å². The lowest BCUT2D eigenvalue weighted by atomic mass is 10.2. The van der Waals surface area contributed by atoms with Gasteiger partial charge in [0.1, 0.15) is 5.82 Å². The summed E-state index contributed by atoms with van der Waals surface area (Å²) in [5, 5.41) is 7.64. The Hall–Kier alpha value is -1.45. The van der Waals surface area contributed by atoms with Crippen molar-refractivity contribution in [2.75, 3.05) is 0 Å². The van der Waals surface area contributed by atoms with E-state index < -0.39 is 0 Å². The molecule has 4 heteroatoms. The number of aromatic nitrogens is 4. The molecule has 0 fully saturated rings. The van der Waals surface area contributed by atoms with Crippen molar-refractivity contribution in [3.8, 4) is 0 Å². The smallest absolute Gasteiger partial charge is 0.199 e. The highest BCUT2D eigenvalue weighted by molar-refractivity contribution is 5.69. The molecule has 0 unspecified atom stereocenters. The molecule has 0 saturated carbocycles. The van der Waals surface area contributed by atoms with Crippen LogP contribution < -0.4 is 0 Å². The molecule has 62 valence electrons. The van der Waals surface area contributed by atoms with Crippen LogP contribution in [-0.4, -0.2) is 20.2 Å². The van der Waals surface area contributed by atoms with E-state index in [9.17, 15) is 0 Å². The van der Waals surface area contributed by atoms with Crippen LogP contribution in [0.25, 0.3) is 11.2 Å². The van der Waals surface area contributed by atoms with Gasteiger partial charge in [-0.3, -0.25) is 0 Å². The summed E-state index contributed by atoms with van der Waals surface area (Å²) in [5.41, 5.74) is 1.65. The van der Waals surface area contributed by atoms with Crippen molar-refractivity contribution in [2.45, 2.75) is 19.8 Å². The van der Waals surface area contributed by atoms with Gasteiger partial charge in [-0.15, -0.1) is 5.10 Å². The number of imidazole rings is 1. The summed E-state index contributed by atoms with van der Waals surface area (Å²) < 4.78 is 0. The lowest BCUT2D eigenvalue weighted by Gasteiger charge is -1.95. The molecular weight excluding hydrogens is 152 g/mol. The van der Waals surface area contributed by atoms with E-state index in [-0.39, 0.29) is 0 Å². The molecule has 0 aliphatic rings. The summed E-state index contributed by atoms with van der Waals surface area (Å²) in [6.07, 6.45) is 1.66. The maximum Gasteiger partial charge on any atom is 0.199 e. The summed E-state index contributed by atoms with van der Waals surface area (Å²) in [5.74, 6) is 1.37. The van der Waals surface area contributed by atoms with Gasteiger partial charge in [-0.1, -0.05) is 13.8 Å². The van der Waals surface area contributed by atoms with Crippen molar-refractivity contribution in [3.05, 3.63) is 18.1 Å². The summed E-state index contributed by atoms with van der Waals surface area (Å²) in [6, 6.07) is 1.88. The van der Waals surface area contributed by atoms with E-state index >= 15 is 0 Å². The Kier molecular flexibility index (Phi) is 1.53. The van der Waals surface area contributed by atoms with E-state index in [0.717, 1.165) is 11.3 Å². The van der Waals surface area contributed by atoms with Gasteiger partial charge >= 0.3 is 0 Å². The van der Waals surface area contributed by atoms with Gasteiger partial charge in [-0.05, 0) is 6.07 Å². The second kappa shape index (κ2) is 2.55. The lowest BCUT2D eigenvalue weighted by molar-refractivity contribution is 0.797. The Morgan fingerprint density at radius 2 is 2.25 bits per heavy atom.